The smallest absolute Gasteiger partial charge is 0.132 e. The Morgan fingerprint density at radius 2 is 1.44 bits per heavy atom. The van der Waals surface area contributed by atoms with Crippen LogP contribution in [0.5, 0.6) is 0 Å². The van der Waals surface area contributed by atoms with Gasteiger partial charge in [0.1, 0.15) is 5.78 Å². The number of hydrogen-bond donors (Lipinski definition) is 0. The van der Waals surface area contributed by atoms with Gasteiger partial charge in [-0.15, -0.1) is 0 Å². The van der Waals surface area contributed by atoms with Crippen LogP contribution in [0, 0.1) is 5.92 Å². The summed E-state index contributed by atoms with van der Waals surface area (Å²) in [6.45, 7) is 9.63. The van der Waals surface area contributed by atoms with Crippen molar-refractivity contribution in [1.82, 2.24) is 0 Å². The highest BCUT2D eigenvalue weighted by Crippen LogP contribution is 1.89. The minimum Gasteiger partial charge on any atom is -0.300 e. The van der Waals surface area contributed by atoms with Crippen LogP contribution in [-0.4, -0.2) is 5.78 Å². The highest BCUT2D eigenvalue weighted by Gasteiger charge is 1.94. The molecule has 0 amide bonds. The molecule has 0 aliphatic rings. The first-order valence-electron chi connectivity index (χ1n) is 3.56. The average molecular weight is 130 g/mol. The normalized spacial score (nSPS) is 8.22. The van der Waals surface area contributed by atoms with Crippen LogP contribution in [0.15, 0.2) is 0 Å². The fraction of sp³-hybridized carbons (Fsp3) is 0.875. The van der Waals surface area contributed by atoms with Gasteiger partial charge in [-0.2, -0.15) is 0 Å². The summed E-state index contributed by atoms with van der Waals surface area (Å²) in [4.78, 5) is 10.1. The van der Waals surface area contributed by atoms with Crippen molar-refractivity contribution in [2.24, 2.45) is 5.92 Å². The van der Waals surface area contributed by atoms with Crippen LogP contribution in [0.2, 0.25) is 0 Å². The van der Waals surface area contributed by atoms with Crippen LogP contribution >= 0.6 is 0 Å². The predicted molar refractivity (Wildman–Crippen MR) is 41.5 cm³/mol. The molecule has 9 heavy (non-hydrogen) atoms. The molecule has 0 heterocycles. The fourth-order valence-corrected chi connectivity index (χ4v) is 0. The number of hydrogen-bond acceptors (Lipinski definition) is 1. The molecular formula is C8H18O. The molecule has 1 nitrogen and oxygen atoms in total. The molecule has 0 aromatic carbocycles. The van der Waals surface area contributed by atoms with E-state index >= 15 is 0 Å². The van der Waals surface area contributed by atoms with E-state index in [9.17, 15) is 4.79 Å². The minimum atomic E-state index is 0.213. The van der Waals surface area contributed by atoms with E-state index in [4.69, 9.17) is 0 Å². The number of ketones is 1. The molecule has 0 aromatic rings. The summed E-state index contributed by atoms with van der Waals surface area (Å²) in [6, 6.07) is 0. The Morgan fingerprint density at radius 1 is 1.33 bits per heavy atom. The topological polar surface area (TPSA) is 17.1 Å². The molecule has 0 aromatic heterocycles. The molecule has 0 radical (unpaired) electrons. The molecule has 1 heteroatoms. The lowest BCUT2D eigenvalue weighted by molar-refractivity contribution is -0.119. The summed E-state index contributed by atoms with van der Waals surface area (Å²) < 4.78 is 0. The third-order valence-electron chi connectivity index (χ3n) is 0.813. The van der Waals surface area contributed by atoms with Crippen LogP contribution in [0.3, 0.4) is 0 Å². The highest BCUT2D eigenvalue weighted by atomic mass is 16.1. The second-order valence-corrected chi connectivity index (χ2v) is 2.47. The van der Waals surface area contributed by atoms with Gasteiger partial charge in [-0.05, 0) is 6.92 Å². The monoisotopic (exact) mass is 130 g/mol. The molecule has 0 atom stereocenters. The summed E-state index contributed by atoms with van der Waals surface area (Å²) in [5, 5.41) is 0. The van der Waals surface area contributed by atoms with E-state index in [1.54, 1.807) is 6.92 Å². The van der Waals surface area contributed by atoms with Gasteiger partial charge in [0.2, 0.25) is 0 Å². The van der Waals surface area contributed by atoms with Crippen molar-refractivity contribution < 1.29 is 4.79 Å². The predicted octanol–water partition coefficient (Wildman–Crippen LogP) is 2.65. The van der Waals surface area contributed by atoms with E-state index in [1.807, 2.05) is 13.8 Å². The first-order chi connectivity index (χ1) is 4.06. The lowest BCUT2D eigenvalue weighted by Gasteiger charge is -1.90. The molecule has 0 saturated heterocycles. The fourth-order valence-electron chi connectivity index (χ4n) is 0. The van der Waals surface area contributed by atoms with Gasteiger partial charge in [0.05, 0.1) is 0 Å². The largest absolute Gasteiger partial charge is 0.300 e. The highest BCUT2D eigenvalue weighted by molar-refractivity contribution is 5.77. The first-order valence-corrected chi connectivity index (χ1v) is 3.56. The average Bonchev–Trinajstić information content (AvgIpc) is 1.68. The van der Waals surface area contributed by atoms with E-state index < -0.39 is 0 Å². The molecule has 0 aliphatic carbocycles. The Labute approximate surface area is 58.5 Å². The summed E-state index contributed by atoms with van der Waals surface area (Å²) >= 11 is 0. The zero-order valence-electron chi connectivity index (χ0n) is 7.19. The molecule has 0 saturated carbocycles. The second-order valence-electron chi connectivity index (χ2n) is 2.47. The van der Waals surface area contributed by atoms with Crippen LogP contribution < -0.4 is 0 Å². The molecule has 56 valence electrons. The summed E-state index contributed by atoms with van der Waals surface area (Å²) in [5.41, 5.74) is 0. The molecule has 0 N–H and O–H groups in total. The Morgan fingerprint density at radius 3 is 1.44 bits per heavy atom. The number of carbonyl (C=O) groups excluding carboxylic acids is 1. The van der Waals surface area contributed by atoms with Gasteiger partial charge in [-0.25, -0.2) is 0 Å². The second kappa shape index (κ2) is 7.67. The Kier molecular flexibility index (Phi) is 9.77. The van der Waals surface area contributed by atoms with Gasteiger partial charge in [-0.3, -0.25) is 4.79 Å². The maximum absolute atomic E-state index is 10.1. The zero-order valence-corrected chi connectivity index (χ0v) is 7.19. The zero-order chi connectivity index (χ0) is 7.86. The summed E-state index contributed by atoms with van der Waals surface area (Å²) in [6.07, 6.45) is 1.25. The Bertz CT molecular complexity index is 65.0. The molecular weight excluding hydrogens is 112 g/mol. The van der Waals surface area contributed by atoms with Gasteiger partial charge >= 0.3 is 0 Å². The Balaban J connectivity index is 0. The van der Waals surface area contributed by atoms with Crippen molar-refractivity contribution in [3.63, 3.8) is 0 Å². The van der Waals surface area contributed by atoms with Gasteiger partial charge in [-0.1, -0.05) is 34.1 Å². The summed E-state index contributed by atoms with van der Waals surface area (Å²) in [5.74, 6) is 0.472. The third kappa shape index (κ3) is 18.3. The van der Waals surface area contributed by atoms with Crippen molar-refractivity contribution in [1.29, 1.82) is 0 Å². The molecule has 0 fully saturated rings. The maximum Gasteiger partial charge on any atom is 0.132 e. The first kappa shape index (κ1) is 11.5. The van der Waals surface area contributed by atoms with E-state index in [1.165, 1.54) is 6.42 Å². The van der Waals surface area contributed by atoms with Crippen molar-refractivity contribution >= 4 is 5.78 Å². The lowest BCUT2D eigenvalue weighted by Crippen LogP contribution is -1.98. The van der Waals surface area contributed by atoms with E-state index in [0.717, 1.165) is 0 Å². The summed E-state index contributed by atoms with van der Waals surface area (Å²) in [7, 11) is 0. The van der Waals surface area contributed by atoms with Gasteiger partial charge < -0.3 is 0 Å². The third-order valence-corrected chi connectivity index (χ3v) is 0.813. The minimum absolute atomic E-state index is 0.213. The molecule has 0 bridgehead atoms. The maximum atomic E-state index is 10.1. The SMILES string of the molecule is CC(=O)C(C)C.CCC. The van der Waals surface area contributed by atoms with Gasteiger partial charge in [0.25, 0.3) is 0 Å². The molecule has 0 unspecified atom stereocenters. The van der Waals surface area contributed by atoms with Crippen LogP contribution in [-0.2, 0) is 4.79 Å². The van der Waals surface area contributed by atoms with Crippen LogP contribution in [0.4, 0.5) is 0 Å². The number of carbonyl (C=O) groups is 1. The van der Waals surface area contributed by atoms with E-state index in [2.05, 4.69) is 13.8 Å². The van der Waals surface area contributed by atoms with Crippen LogP contribution in [0.25, 0.3) is 0 Å². The number of rotatable bonds is 1. The molecule has 0 rings (SSSR count). The van der Waals surface area contributed by atoms with Crippen molar-refractivity contribution in [3.8, 4) is 0 Å². The molecule has 0 aliphatic heterocycles. The van der Waals surface area contributed by atoms with Crippen LogP contribution in [0.1, 0.15) is 41.0 Å². The van der Waals surface area contributed by atoms with Gasteiger partial charge in [0, 0.05) is 5.92 Å². The lowest BCUT2D eigenvalue weighted by atomic mass is 10.1. The van der Waals surface area contributed by atoms with Gasteiger partial charge in [0.15, 0.2) is 0 Å². The van der Waals surface area contributed by atoms with E-state index in [0.29, 0.717) is 0 Å². The number of Topliss-reactive ketones (excluding diaryl/α,β-unsaturated/α-hetero) is 1. The quantitative estimate of drug-likeness (QED) is 0.533. The standard InChI is InChI=1S/C5H10O.C3H8/c1-4(2)5(3)6;1-3-2/h4H,1-3H3;3H2,1-2H3. The van der Waals surface area contributed by atoms with Crippen molar-refractivity contribution in [2.75, 3.05) is 0 Å². The Hall–Kier alpha value is -0.330. The molecule has 0 spiro atoms. The van der Waals surface area contributed by atoms with Crippen molar-refractivity contribution in [3.05, 3.63) is 0 Å². The van der Waals surface area contributed by atoms with E-state index in [-0.39, 0.29) is 11.7 Å². The van der Waals surface area contributed by atoms with Crippen molar-refractivity contribution in [2.45, 2.75) is 41.0 Å².